The lowest BCUT2D eigenvalue weighted by atomic mass is 10.1. The Bertz CT molecular complexity index is 561. The van der Waals surface area contributed by atoms with Crippen LogP contribution < -0.4 is 10.2 Å². The number of nitrogens with one attached hydrogen (secondary N) is 1. The third-order valence-electron chi connectivity index (χ3n) is 3.08. The van der Waals surface area contributed by atoms with Crippen molar-refractivity contribution in [3.05, 3.63) is 34.4 Å². The molecule has 22 heavy (non-hydrogen) atoms. The molecule has 1 aromatic carbocycles. The van der Waals surface area contributed by atoms with Crippen molar-refractivity contribution < 1.29 is 19.6 Å². The van der Waals surface area contributed by atoms with Gasteiger partial charge in [0.2, 0.25) is 5.91 Å². The zero-order valence-electron chi connectivity index (χ0n) is 12.5. The molecule has 0 spiro atoms. The molecule has 1 unspecified atom stereocenters. The number of para-hydroxylation sites is 2. The lowest BCUT2D eigenvalue weighted by Gasteiger charge is -2.20. The van der Waals surface area contributed by atoms with Gasteiger partial charge >= 0.3 is 5.97 Å². The zero-order chi connectivity index (χ0) is 16.7. The number of hydrogen-bond donors (Lipinski definition) is 2. The highest BCUT2D eigenvalue weighted by Crippen LogP contribution is 2.26. The van der Waals surface area contributed by atoms with Gasteiger partial charge in [-0.1, -0.05) is 25.5 Å². The van der Waals surface area contributed by atoms with Crippen molar-refractivity contribution >= 4 is 23.3 Å². The van der Waals surface area contributed by atoms with E-state index in [4.69, 9.17) is 5.11 Å². The maximum absolute atomic E-state index is 11.9. The van der Waals surface area contributed by atoms with Gasteiger partial charge in [0.15, 0.2) is 0 Å². The highest BCUT2D eigenvalue weighted by Gasteiger charge is 2.21. The number of carboxylic acid groups (broad SMARTS) is 1. The van der Waals surface area contributed by atoms with Crippen LogP contribution in [-0.2, 0) is 9.59 Å². The van der Waals surface area contributed by atoms with Crippen LogP contribution in [0.15, 0.2) is 24.3 Å². The second-order valence-corrected chi connectivity index (χ2v) is 4.85. The van der Waals surface area contributed by atoms with Crippen molar-refractivity contribution in [2.45, 2.75) is 25.8 Å². The number of amides is 1. The number of nitro groups is 1. The van der Waals surface area contributed by atoms with Gasteiger partial charge in [0, 0.05) is 13.1 Å². The Morgan fingerprint density at radius 1 is 1.41 bits per heavy atom. The molecule has 1 amide bonds. The molecule has 1 rings (SSSR count). The molecule has 0 heterocycles. The number of nitro benzene ring substituents is 1. The second kappa shape index (κ2) is 7.96. The van der Waals surface area contributed by atoms with E-state index in [1.165, 1.54) is 30.1 Å². The molecule has 0 bridgehead atoms. The summed E-state index contributed by atoms with van der Waals surface area (Å²) in [5, 5.41) is 22.4. The number of anilines is 1. The summed E-state index contributed by atoms with van der Waals surface area (Å²) in [7, 11) is 1.54. The molecule has 1 atom stereocenters. The first-order valence-corrected chi connectivity index (χ1v) is 6.83. The summed E-state index contributed by atoms with van der Waals surface area (Å²) < 4.78 is 0. The van der Waals surface area contributed by atoms with E-state index < -0.39 is 22.8 Å². The van der Waals surface area contributed by atoms with E-state index in [2.05, 4.69) is 5.32 Å². The van der Waals surface area contributed by atoms with Gasteiger partial charge in [0.1, 0.15) is 11.7 Å². The topological polar surface area (TPSA) is 113 Å². The number of carboxylic acids is 1. The van der Waals surface area contributed by atoms with Gasteiger partial charge in [0.05, 0.1) is 11.5 Å². The van der Waals surface area contributed by atoms with Crippen LogP contribution in [0.3, 0.4) is 0 Å². The number of hydrogen-bond acceptors (Lipinski definition) is 5. The Hall–Kier alpha value is -2.64. The van der Waals surface area contributed by atoms with Crippen molar-refractivity contribution in [1.82, 2.24) is 5.32 Å². The van der Waals surface area contributed by atoms with Gasteiger partial charge in [-0.3, -0.25) is 14.9 Å². The van der Waals surface area contributed by atoms with E-state index >= 15 is 0 Å². The van der Waals surface area contributed by atoms with Gasteiger partial charge in [0.25, 0.3) is 5.69 Å². The van der Waals surface area contributed by atoms with E-state index in [9.17, 15) is 19.7 Å². The quantitative estimate of drug-likeness (QED) is 0.554. The van der Waals surface area contributed by atoms with Crippen molar-refractivity contribution in [3.63, 3.8) is 0 Å². The molecular weight excluding hydrogens is 290 g/mol. The van der Waals surface area contributed by atoms with Gasteiger partial charge in [-0.15, -0.1) is 0 Å². The molecule has 0 fully saturated rings. The first-order chi connectivity index (χ1) is 10.4. The number of nitrogens with zero attached hydrogens (tertiary/aromatic N) is 2. The highest BCUT2D eigenvalue weighted by molar-refractivity contribution is 5.87. The molecule has 1 aromatic rings. The average molecular weight is 309 g/mol. The molecule has 8 nitrogen and oxygen atoms in total. The molecular formula is C14H19N3O5. The number of carbonyl (C=O) groups excluding carboxylic acids is 1. The van der Waals surface area contributed by atoms with Gasteiger partial charge < -0.3 is 15.3 Å². The van der Waals surface area contributed by atoms with Crippen LogP contribution in [0.25, 0.3) is 0 Å². The minimum Gasteiger partial charge on any atom is -0.480 e. The Kier molecular flexibility index (Phi) is 6.30. The Morgan fingerprint density at radius 3 is 2.59 bits per heavy atom. The molecule has 0 aliphatic carbocycles. The fourth-order valence-corrected chi connectivity index (χ4v) is 2.03. The Labute approximate surface area is 127 Å². The summed E-state index contributed by atoms with van der Waals surface area (Å²) in [6, 6.07) is 5.11. The number of aliphatic carboxylic acids is 1. The predicted octanol–water partition coefficient (Wildman–Crippen LogP) is 1.40. The molecule has 120 valence electrons. The van der Waals surface area contributed by atoms with Crippen LogP contribution in [0.1, 0.15) is 19.8 Å². The molecule has 2 N–H and O–H groups in total. The Morgan fingerprint density at radius 2 is 2.05 bits per heavy atom. The average Bonchev–Trinajstić information content (AvgIpc) is 2.46. The number of benzene rings is 1. The first kappa shape index (κ1) is 17.4. The Balaban J connectivity index is 2.76. The summed E-state index contributed by atoms with van der Waals surface area (Å²) >= 11 is 0. The zero-order valence-corrected chi connectivity index (χ0v) is 12.5. The van der Waals surface area contributed by atoms with Crippen molar-refractivity contribution in [1.29, 1.82) is 0 Å². The summed E-state index contributed by atoms with van der Waals surface area (Å²) in [6.07, 6.45) is 0.952. The molecule has 0 aliphatic rings. The van der Waals surface area contributed by atoms with Crippen LogP contribution in [-0.4, -0.2) is 41.5 Å². The molecule has 8 heteroatoms. The van der Waals surface area contributed by atoms with Gasteiger partial charge in [-0.25, -0.2) is 4.79 Å². The van der Waals surface area contributed by atoms with Crippen LogP contribution >= 0.6 is 0 Å². The summed E-state index contributed by atoms with van der Waals surface area (Å²) in [5.41, 5.74) is 0.186. The van der Waals surface area contributed by atoms with E-state index in [1.807, 2.05) is 6.92 Å². The van der Waals surface area contributed by atoms with E-state index in [0.29, 0.717) is 18.5 Å². The standard InChI is InChI=1S/C14H19N3O5/c1-3-6-10(14(19)20)15-13(18)9-16(2)11-7-4-5-8-12(11)17(21)22/h4-5,7-8,10H,3,6,9H2,1-2H3,(H,15,18)(H,19,20). The van der Waals surface area contributed by atoms with Crippen LogP contribution in [0.5, 0.6) is 0 Å². The van der Waals surface area contributed by atoms with Crippen LogP contribution in [0.2, 0.25) is 0 Å². The second-order valence-electron chi connectivity index (χ2n) is 4.85. The maximum Gasteiger partial charge on any atom is 0.326 e. The molecule has 0 radical (unpaired) electrons. The van der Waals surface area contributed by atoms with Gasteiger partial charge in [-0.05, 0) is 12.5 Å². The molecule has 0 saturated heterocycles. The number of carbonyl (C=O) groups is 2. The minimum absolute atomic E-state index is 0.110. The molecule has 0 saturated carbocycles. The number of likely N-dealkylation sites (N-methyl/N-ethyl adjacent to an activating group) is 1. The lowest BCUT2D eigenvalue weighted by Crippen LogP contribution is -2.45. The fourth-order valence-electron chi connectivity index (χ4n) is 2.03. The molecule has 0 aromatic heterocycles. The van der Waals surface area contributed by atoms with Crippen LogP contribution in [0, 0.1) is 10.1 Å². The summed E-state index contributed by atoms with van der Waals surface area (Å²) in [5.74, 6) is -1.59. The fraction of sp³-hybridized carbons (Fsp3) is 0.429. The smallest absolute Gasteiger partial charge is 0.326 e. The van der Waals surface area contributed by atoms with E-state index in [-0.39, 0.29) is 12.2 Å². The SMILES string of the molecule is CCCC(NC(=O)CN(C)c1ccccc1[N+](=O)[O-])C(=O)O. The predicted molar refractivity (Wildman–Crippen MR) is 80.8 cm³/mol. The number of rotatable bonds is 8. The minimum atomic E-state index is -1.09. The monoisotopic (exact) mass is 309 g/mol. The third-order valence-corrected chi connectivity index (χ3v) is 3.08. The maximum atomic E-state index is 11.9. The van der Waals surface area contributed by atoms with E-state index in [1.54, 1.807) is 6.07 Å². The third kappa shape index (κ3) is 4.72. The highest BCUT2D eigenvalue weighted by atomic mass is 16.6. The first-order valence-electron chi connectivity index (χ1n) is 6.83. The lowest BCUT2D eigenvalue weighted by molar-refractivity contribution is -0.384. The summed E-state index contributed by atoms with van der Waals surface area (Å²) in [4.78, 5) is 34.8. The van der Waals surface area contributed by atoms with Gasteiger partial charge in [-0.2, -0.15) is 0 Å². The van der Waals surface area contributed by atoms with Crippen molar-refractivity contribution in [2.24, 2.45) is 0 Å². The molecule has 0 aliphatic heterocycles. The van der Waals surface area contributed by atoms with Crippen molar-refractivity contribution in [3.8, 4) is 0 Å². The largest absolute Gasteiger partial charge is 0.480 e. The normalized spacial score (nSPS) is 11.5. The van der Waals surface area contributed by atoms with Crippen LogP contribution in [0.4, 0.5) is 11.4 Å². The summed E-state index contributed by atoms with van der Waals surface area (Å²) in [6.45, 7) is 1.65. The van der Waals surface area contributed by atoms with E-state index in [0.717, 1.165) is 0 Å². The van der Waals surface area contributed by atoms with Crippen molar-refractivity contribution in [2.75, 3.05) is 18.5 Å².